The second kappa shape index (κ2) is 2.78. The molecular formula is C10H11FN2O. The van der Waals surface area contributed by atoms with Gasteiger partial charge in [0.05, 0.1) is 0 Å². The van der Waals surface area contributed by atoms with Gasteiger partial charge in [-0.3, -0.25) is 4.79 Å². The van der Waals surface area contributed by atoms with Crippen LogP contribution in [0.25, 0.3) is 0 Å². The van der Waals surface area contributed by atoms with E-state index < -0.39 is 11.4 Å². The minimum absolute atomic E-state index is 0.308. The van der Waals surface area contributed by atoms with Gasteiger partial charge in [0.2, 0.25) is 5.91 Å². The minimum Gasteiger partial charge on any atom is -0.368 e. The maximum absolute atomic E-state index is 12.9. The minimum atomic E-state index is -1.11. The summed E-state index contributed by atoms with van der Waals surface area (Å²) >= 11 is 0. The highest BCUT2D eigenvalue weighted by Crippen LogP contribution is 2.34. The molecule has 0 heterocycles. The first-order valence-corrected chi connectivity index (χ1v) is 4.42. The van der Waals surface area contributed by atoms with Crippen molar-refractivity contribution >= 4 is 5.91 Å². The fourth-order valence-electron chi connectivity index (χ4n) is 1.93. The van der Waals surface area contributed by atoms with Gasteiger partial charge in [0.15, 0.2) is 0 Å². The van der Waals surface area contributed by atoms with Crippen molar-refractivity contribution in [3.05, 3.63) is 35.1 Å². The Morgan fingerprint density at radius 1 is 1.50 bits per heavy atom. The molecule has 0 aliphatic heterocycles. The van der Waals surface area contributed by atoms with Crippen LogP contribution in [0.3, 0.4) is 0 Å². The molecule has 1 aliphatic carbocycles. The molecule has 1 amide bonds. The first-order chi connectivity index (χ1) is 6.54. The van der Waals surface area contributed by atoms with Gasteiger partial charge in [0, 0.05) is 0 Å². The zero-order chi connectivity index (χ0) is 10.3. The number of benzene rings is 1. The number of hydrogen-bond donors (Lipinski definition) is 2. The number of fused-ring (bicyclic) bond motifs is 1. The molecule has 1 unspecified atom stereocenters. The lowest BCUT2D eigenvalue weighted by atomic mass is 9.92. The third kappa shape index (κ3) is 1.11. The molecule has 4 N–H and O–H groups in total. The Morgan fingerprint density at radius 3 is 2.86 bits per heavy atom. The number of amides is 1. The van der Waals surface area contributed by atoms with Crippen LogP contribution in [0, 0.1) is 5.82 Å². The van der Waals surface area contributed by atoms with E-state index in [1.807, 2.05) is 0 Å². The molecule has 2 rings (SSSR count). The molecule has 0 aromatic heterocycles. The van der Waals surface area contributed by atoms with Crippen LogP contribution in [-0.2, 0) is 16.8 Å². The Hall–Kier alpha value is -1.42. The van der Waals surface area contributed by atoms with E-state index in [2.05, 4.69) is 0 Å². The summed E-state index contributed by atoms with van der Waals surface area (Å²) in [4.78, 5) is 11.2. The van der Waals surface area contributed by atoms with Crippen LogP contribution in [0.4, 0.5) is 4.39 Å². The van der Waals surface area contributed by atoms with E-state index in [9.17, 15) is 9.18 Å². The molecule has 1 aliphatic rings. The molecule has 0 bridgehead atoms. The third-order valence-corrected chi connectivity index (χ3v) is 2.78. The zero-order valence-electron chi connectivity index (χ0n) is 7.59. The van der Waals surface area contributed by atoms with Crippen LogP contribution < -0.4 is 11.5 Å². The lowest BCUT2D eigenvalue weighted by Crippen LogP contribution is -2.47. The van der Waals surface area contributed by atoms with E-state index in [4.69, 9.17) is 11.5 Å². The smallest absolute Gasteiger partial charge is 0.242 e. The van der Waals surface area contributed by atoms with Crippen molar-refractivity contribution in [3.63, 3.8) is 0 Å². The highest BCUT2D eigenvalue weighted by Gasteiger charge is 2.40. The average Bonchev–Trinajstić information content (AvgIpc) is 2.45. The maximum atomic E-state index is 12.9. The first kappa shape index (κ1) is 9.15. The fourth-order valence-corrected chi connectivity index (χ4v) is 1.93. The Balaban J connectivity index is 2.55. The molecular weight excluding hydrogens is 183 g/mol. The summed E-state index contributed by atoms with van der Waals surface area (Å²) in [6, 6.07) is 4.25. The summed E-state index contributed by atoms with van der Waals surface area (Å²) < 4.78 is 12.9. The van der Waals surface area contributed by atoms with Crippen molar-refractivity contribution in [2.75, 3.05) is 0 Å². The Labute approximate surface area is 80.9 Å². The van der Waals surface area contributed by atoms with Crippen LogP contribution >= 0.6 is 0 Å². The summed E-state index contributed by atoms with van der Waals surface area (Å²) in [6.45, 7) is 0. The summed E-state index contributed by atoms with van der Waals surface area (Å²) in [6.07, 6.45) is 1.06. The van der Waals surface area contributed by atoms with Crippen molar-refractivity contribution in [2.24, 2.45) is 11.5 Å². The van der Waals surface area contributed by atoms with Crippen molar-refractivity contribution in [1.82, 2.24) is 0 Å². The van der Waals surface area contributed by atoms with E-state index in [-0.39, 0.29) is 5.82 Å². The molecule has 0 saturated heterocycles. The summed E-state index contributed by atoms with van der Waals surface area (Å²) in [5, 5.41) is 0. The van der Waals surface area contributed by atoms with E-state index in [1.54, 1.807) is 6.07 Å². The topological polar surface area (TPSA) is 69.1 Å². The van der Waals surface area contributed by atoms with E-state index in [0.29, 0.717) is 18.4 Å². The predicted molar refractivity (Wildman–Crippen MR) is 49.8 cm³/mol. The number of primary amides is 1. The SMILES string of the molecule is NC(=O)C1(N)CCc2cc(F)ccc21. The van der Waals surface area contributed by atoms with E-state index in [1.165, 1.54) is 12.1 Å². The van der Waals surface area contributed by atoms with Gasteiger partial charge in [-0.2, -0.15) is 0 Å². The average molecular weight is 194 g/mol. The van der Waals surface area contributed by atoms with Crippen LogP contribution in [-0.4, -0.2) is 5.91 Å². The molecule has 3 nitrogen and oxygen atoms in total. The fraction of sp³-hybridized carbons (Fsp3) is 0.300. The van der Waals surface area contributed by atoms with E-state index in [0.717, 1.165) is 5.56 Å². The second-order valence-electron chi connectivity index (χ2n) is 3.64. The van der Waals surface area contributed by atoms with Crippen LogP contribution in [0.2, 0.25) is 0 Å². The molecule has 74 valence electrons. The van der Waals surface area contributed by atoms with Gasteiger partial charge >= 0.3 is 0 Å². The summed E-state index contributed by atoms with van der Waals surface area (Å²) in [5.74, 6) is -0.861. The Kier molecular flexibility index (Phi) is 1.82. The first-order valence-electron chi connectivity index (χ1n) is 4.42. The number of aryl methyl sites for hydroxylation is 1. The van der Waals surface area contributed by atoms with E-state index >= 15 is 0 Å². The number of carbonyl (C=O) groups is 1. The van der Waals surface area contributed by atoms with Crippen LogP contribution in [0.5, 0.6) is 0 Å². The number of halogens is 1. The molecule has 4 heteroatoms. The van der Waals surface area contributed by atoms with Gasteiger partial charge in [-0.1, -0.05) is 6.07 Å². The van der Waals surface area contributed by atoms with Crippen molar-refractivity contribution in [1.29, 1.82) is 0 Å². The molecule has 1 aromatic rings. The zero-order valence-corrected chi connectivity index (χ0v) is 7.59. The molecule has 0 spiro atoms. The Morgan fingerprint density at radius 2 is 2.21 bits per heavy atom. The van der Waals surface area contributed by atoms with Crippen molar-refractivity contribution in [2.45, 2.75) is 18.4 Å². The van der Waals surface area contributed by atoms with Gasteiger partial charge in [-0.15, -0.1) is 0 Å². The highest BCUT2D eigenvalue weighted by molar-refractivity contribution is 5.87. The maximum Gasteiger partial charge on any atom is 0.242 e. The monoisotopic (exact) mass is 194 g/mol. The second-order valence-corrected chi connectivity index (χ2v) is 3.64. The molecule has 0 fully saturated rings. The number of carbonyl (C=O) groups excluding carboxylic acids is 1. The molecule has 0 radical (unpaired) electrons. The van der Waals surface area contributed by atoms with Gasteiger partial charge in [0.25, 0.3) is 0 Å². The molecule has 0 saturated carbocycles. The van der Waals surface area contributed by atoms with Crippen molar-refractivity contribution in [3.8, 4) is 0 Å². The normalized spacial score (nSPS) is 24.7. The lowest BCUT2D eigenvalue weighted by Gasteiger charge is -2.20. The van der Waals surface area contributed by atoms with Gasteiger partial charge in [-0.25, -0.2) is 4.39 Å². The third-order valence-electron chi connectivity index (χ3n) is 2.78. The quantitative estimate of drug-likeness (QED) is 0.679. The molecule has 14 heavy (non-hydrogen) atoms. The summed E-state index contributed by atoms with van der Waals surface area (Å²) in [5.41, 5.74) is 11.4. The van der Waals surface area contributed by atoms with Gasteiger partial charge in [-0.05, 0) is 36.1 Å². The molecule has 1 aromatic carbocycles. The van der Waals surface area contributed by atoms with Gasteiger partial charge < -0.3 is 11.5 Å². The number of hydrogen-bond acceptors (Lipinski definition) is 2. The number of rotatable bonds is 1. The predicted octanol–water partition coefficient (Wildman–Crippen LogP) is 0.411. The van der Waals surface area contributed by atoms with Crippen molar-refractivity contribution < 1.29 is 9.18 Å². The molecule has 1 atom stereocenters. The van der Waals surface area contributed by atoms with Crippen LogP contribution in [0.1, 0.15) is 17.5 Å². The van der Waals surface area contributed by atoms with Gasteiger partial charge in [0.1, 0.15) is 11.4 Å². The largest absolute Gasteiger partial charge is 0.368 e. The lowest BCUT2D eigenvalue weighted by molar-refractivity contribution is -0.123. The number of nitrogens with two attached hydrogens (primary N) is 2. The van der Waals surface area contributed by atoms with Crippen LogP contribution in [0.15, 0.2) is 18.2 Å². The Bertz CT molecular complexity index is 405. The standard InChI is InChI=1S/C10H11FN2O/c11-7-1-2-8-6(5-7)3-4-10(8,13)9(12)14/h1-2,5H,3-4,13H2,(H2,12,14). The summed E-state index contributed by atoms with van der Waals surface area (Å²) in [7, 11) is 0. The highest BCUT2D eigenvalue weighted by atomic mass is 19.1.